The van der Waals surface area contributed by atoms with E-state index < -0.39 is 15.3 Å². The van der Waals surface area contributed by atoms with Crippen LogP contribution in [-0.4, -0.2) is 31.2 Å². The van der Waals surface area contributed by atoms with Crippen molar-refractivity contribution in [3.8, 4) is 5.75 Å². The minimum absolute atomic E-state index is 0.0807. The number of anilines is 1. The first kappa shape index (κ1) is 24.4. The fourth-order valence-corrected chi connectivity index (χ4v) is 4.51. The molecule has 0 unspecified atom stereocenters. The van der Waals surface area contributed by atoms with Gasteiger partial charge in [0, 0.05) is 17.9 Å². The Morgan fingerprint density at radius 2 is 1.81 bits per heavy atom. The molecule has 0 amide bonds. The molecular weight excluding hydrogens is 473 g/mol. The normalized spacial score (nSPS) is 12.1. The predicted molar refractivity (Wildman–Crippen MR) is 126 cm³/mol. The van der Waals surface area contributed by atoms with Crippen LogP contribution >= 0.6 is 23.2 Å². The average Bonchev–Trinajstić information content (AvgIpc) is 3.21. The van der Waals surface area contributed by atoms with Gasteiger partial charge in [0.2, 0.25) is 0 Å². The van der Waals surface area contributed by atoms with E-state index in [1.165, 1.54) is 0 Å². The third kappa shape index (κ3) is 5.36. The zero-order chi connectivity index (χ0) is 23.5. The molecule has 0 fully saturated rings. The van der Waals surface area contributed by atoms with Crippen LogP contribution in [0.3, 0.4) is 0 Å². The van der Waals surface area contributed by atoms with Gasteiger partial charge in [-0.15, -0.1) is 0 Å². The van der Waals surface area contributed by atoms with Gasteiger partial charge < -0.3 is 14.5 Å². The van der Waals surface area contributed by atoms with Crippen molar-refractivity contribution in [2.45, 2.75) is 44.2 Å². The van der Waals surface area contributed by atoms with Crippen LogP contribution in [0.2, 0.25) is 10.0 Å². The van der Waals surface area contributed by atoms with Crippen molar-refractivity contribution in [1.29, 1.82) is 0 Å². The molecule has 0 bridgehead atoms. The summed E-state index contributed by atoms with van der Waals surface area (Å²) in [7, 11) is -3.46. The number of nitrogens with zero attached hydrogens (tertiary/aromatic N) is 2. The van der Waals surface area contributed by atoms with Crippen molar-refractivity contribution in [3.63, 3.8) is 0 Å². The summed E-state index contributed by atoms with van der Waals surface area (Å²) in [5.74, 6) is 1.29. The zero-order valence-corrected chi connectivity index (χ0v) is 20.6. The number of ether oxygens (including phenoxy) is 1. The lowest BCUT2D eigenvalue weighted by Gasteiger charge is -2.27. The molecule has 0 aliphatic rings. The van der Waals surface area contributed by atoms with Gasteiger partial charge in [-0.25, -0.2) is 18.4 Å². The maximum atomic E-state index is 11.7. The summed E-state index contributed by atoms with van der Waals surface area (Å²) in [4.78, 5) is 8.22. The molecule has 7 nitrogen and oxygen atoms in total. The first-order chi connectivity index (χ1) is 15.0. The van der Waals surface area contributed by atoms with Crippen LogP contribution in [0, 0.1) is 0 Å². The number of benzene rings is 1. The van der Waals surface area contributed by atoms with E-state index in [1.807, 2.05) is 31.2 Å². The Morgan fingerprint density at radius 3 is 2.38 bits per heavy atom. The van der Waals surface area contributed by atoms with Gasteiger partial charge in [0.25, 0.3) is 0 Å². The number of hydrogen-bond acceptors (Lipinski definition) is 7. The molecule has 10 heteroatoms. The van der Waals surface area contributed by atoms with E-state index in [9.17, 15) is 8.42 Å². The summed E-state index contributed by atoms with van der Waals surface area (Å²) in [5.41, 5.74) is 1.46. The monoisotopic (exact) mass is 497 g/mol. The maximum absolute atomic E-state index is 11.7. The largest absolute Gasteiger partial charge is 0.490 e. The van der Waals surface area contributed by atoms with E-state index in [-0.39, 0.29) is 17.3 Å². The lowest BCUT2D eigenvalue weighted by molar-refractivity contribution is 0.317. The summed E-state index contributed by atoms with van der Waals surface area (Å²) in [6.07, 6.45) is 4.81. The van der Waals surface area contributed by atoms with Gasteiger partial charge >= 0.3 is 0 Å². The fraction of sp³-hybridized carbons (Fsp3) is 0.364. The summed E-state index contributed by atoms with van der Waals surface area (Å²) in [6.45, 7) is 6.81. The zero-order valence-electron chi connectivity index (χ0n) is 18.3. The van der Waals surface area contributed by atoms with Gasteiger partial charge in [0.15, 0.2) is 32.8 Å². The Labute approximate surface area is 198 Å². The minimum Gasteiger partial charge on any atom is -0.490 e. The third-order valence-corrected chi connectivity index (χ3v) is 6.64. The second-order valence-corrected chi connectivity index (χ2v) is 10.6. The van der Waals surface area contributed by atoms with Crippen LogP contribution in [0.5, 0.6) is 5.75 Å². The Bertz CT molecular complexity index is 1170. The van der Waals surface area contributed by atoms with E-state index in [4.69, 9.17) is 32.4 Å². The second kappa shape index (κ2) is 9.68. The molecule has 0 radical (unpaired) electrons. The predicted octanol–water partition coefficient (Wildman–Crippen LogP) is 5.51. The van der Waals surface area contributed by atoms with Gasteiger partial charge in [0.05, 0.1) is 23.2 Å². The number of pyridine rings is 1. The van der Waals surface area contributed by atoms with Gasteiger partial charge in [-0.3, -0.25) is 0 Å². The summed E-state index contributed by atoms with van der Waals surface area (Å²) < 4.78 is 34.3. The molecule has 32 heavy (non-hydrogen) atoms. The summed E-state index contributed by atoms with van der Waals surface area (Å²) >= 11 is 12.9. The van der Waals surface area contributed by atoms with Gasteiger partial charge in [-0.2, -0.15) is 0 Å². The fourth-order valence-electron chi connectivity index (χ4n) is 3.15. The highest BCUT2D eigenvalue weighted by atomic mass is 35.5. The first-order valence-electron chi connectivity index (χ1n) is 9.99. The van der Waals surface area contributed by atoms with E-state index in [1.54, 1.807) is 6.20 Å². The average molecular weight is 498 g/mol. The van der Waals surface area contributed by atoms with Crippen LogP contribution in [0.25, 0.3) is 0 Å². The van der Waals surface area contributed by atoms with E-state index in [0.717, 1.165) is 30.2 Å². The minimum atomic E-state index is -3.46. The number of sulfone groups is 1. The second-order valence-electron chi connectivity index (χ2n) is 7.88. The quantitative estimate of drug-likeness (QED) is 0.416. The number of halogens is 2. The van der Waals surface area contributed by atoms with Crippen LogP contribution in [-0.2, 0) is 21.8 Å². The van der Waals surface area contributed by atoms with E-state index >= 15 is 0 Å². The molecule has 1 aromatic carbocycles. The number of aromatic nitrogens is 2. The number of hydrogen-bond donors (Lipinski definition) is 1. The van der Waals surface area contributed by atoms with E-state index in [0.29, 0.717) is 28.2 Å². The van der Waals surface area contributed by atoms with E-state index in [2.05, 4.69) is 29.1 Å². The highest BCUT2D eigenvalue weighted by Crippen LogP contribution is 2.40. The molecule has 0 saturated carbocycles. The SMILES string of the molecule is CCCOc1c(Cl)cc(C(C)(C)c2ccc(NCc3ocnc3S(C)(=O)=O)nc2)cc1Cl. The lowest BCUT2D eigenvalue weighted by Crippen LogP contribution is -2.19. The number of nitrogens with one attached hydrogen (secondary N) is 1. The highest BCUT2D eigenvalue weighted by Gasteiger charge is 2.26. The summed E-state index contributed by atoms with van der Waals surface area (Å²) in [6, 6.07) is 7.48. The van der Waals surface area contributed by atoms with Gasteiger partial charge in [0.1, 0.15) is 5.82 Å². The lowest BCUT2D eigenvalue weighted by atomic mass is 9.79. The van der Waals surface area contributed by atoms with Crippen molar-refractivity contribution >= 4 is 38.9 Å². The van der Waals surface area contributed by atoms with Crippen LogP contribution < -0.4 is 10.1 Å². The third-order valence-electron chi connectivity index (χ3n) is 5.04. The Hall–Kier alpha value is -2.29. The molecule has 0 atom stereocenters. The molecule has 3 rings (SSSR count). The molecule has 0 saturated heterocycles. The molecule has 172 valence electrons. The first-order valence-corrected chi connectivity index (χ1v) is 12.6. The van der Waals surface area contributed by atoms with Crippen molar-refractivity contribution < 1.29 is 17.6 Å². The van der Waals surface area contributed by atoms with Crippen molar-refractivity contribution in [1.82, 2.24) is 9.97 Å². The van der Waals surface area contributed by atoms with Gasteiger partial charge in [-0.1, -0.05) is 50.0 Å². The smallest absolute Gasteiger partial charge is 0.198 e. The van der Waals surface area contributed by atoms with Crippen LogP contribution in [0.4, 0.5) is 5.82 Å². The topological polar surface area (TPSA) is 94.3 Å². The molecule has 0 aliphatic carbocycles. The Morgan fingerprint density at radius 1 is 1.12 bits per heavy atom. The molecule has 3 aromatic rings. The van der Waals surface area contributed by atoms with Crippen LogP contribution in [0.15, 0.2) is 46.3 Å². The standard InChI is InChI=1S/C22H25Cl2N3O4S/c1-5-8-30-20-16(23)9-15(10-17(20)24)22(2,3)14-6-7-19(25-11-14)26-12-18-21(27-13-31-18)32(4,28)29/h6-7,9-11,13H,5,8,12H2,1-4H3,(H,25,26). The van der Waals surface area contributed by atoms with Gasteiger partial charge in [-0.05, 0) is 35.7 Å². The van der Waals surface area contributed by atoms with Crippen molar-refractivity contribution in [2.24, 2.45) is 0 Å². The summed E-state index contributed by atoms with van der Waals surface area (Å²) in [5, 5.41) is 3.91. The highest BCUT2D eigenvalue weighted by molar-refractivity contribution is 7.90. The van der Waals surface area contributed by atoms with Crippen molar-refractivity contribution in [2.75, 3.05) is 18.2 Å². The number of oxazole rings is 1. The van der Waals surface area contributed by atoms with Crippen LogP contribution in [0.1, 0.15) is 44.1 Å². The Balaban J connectivity index is 1.77. The molecule has 0 aliphatic heterocycles. The Kier molecular flexibility index (Phi) is 7.37. The molecular formula is C22H25Cl2N3O4S. The molecule has 0 spiro atoms. The maximum Gasteiger partial charge on any atom is 0.198 e. The van der Waals surface area contributed by atoms with Crippen molar-refractivity contribution in [3.05, 3.63) is 63.8 Å². The molecule has 1 N–H and O–H groups in total. The molecule has 2 aromatic heterocycles. The molecule has 2 heterocycles. The number of rotatable bonds is 9.